The van der Waals surface area contributed by atoms with Crippen LogP contribution in [0.4, 0.5) is 5.95 Å². The molecule has 7 nitrogen and oxygen atoms in total. The van der Waals surface area contributed by atoms with Gasteiger partial charge >= 0.3 is 0 Å². The normalized spacial score (nSPS) is 17.2. The van der Waals surface area contributed by atoms with Gasteiger partial charge in [-0.2, -0.15) is 4.52 Å². The molecule has 0 spiro atoms. The van der Waals surface area contributed by atoms with Crippen molar-refractivity contribution in [2.75, 3.05) is 18.0 Å². The molecule has 0 saturated carbocycles. The summed E-state index contributed by atoms with van der Waals surface area (Å²) in [7, 11) is 0. The van der Waals surface area contributed by atoms with Crippen LogP contribution in [-0.4, -0.2) is 43.1 Å². The maximum absolute atomic E-state index is 4.30. The molecule has 2 aromatic heterocycles. The van der Waals surface area contributed by atoms with Gasteiger partial charge in [0.1, 0.15) is 6.33 Å². The Morgan fingerprint density at radius 3 is 2.73 bits per heavy atom. The van der Waals surface area contributed by atoms with Crippen molar-refractivity contribution in [2.24, 2.45) is 0 Å². The summed E-state index contributed by atoms with van der Waals surface area (Å²) < 4.78 is 1.55. The molecule has 15 heavy (non-hydrogen) atoms. The van der Waals surface area contributed by atoms with Gasteiger partial charge in [0.2, 0.25) is 0 Å². The lowest BCUT2D eigenvalue weighted by molar-refractivity contribution is 0.559. The van der Waals surface area contributed by atoms with Crippen molar-refractivity contribution in [3.63, 3.8) is 0 Å². The molecule has 0 N–H and O–H groups in total. The number of fused-ring (bicyclic) bond motifs is 1. The first-order chi connectivity index (χ1) is 7.43. The van der Waals surface area contributed by atoms with E-state index in [0.717, 1.165) is 13.1 Å². The monoisotopic (exact) mass is 205 g/mol. The Morgan fingerprint density at radius 1 is 1.00 bits per heavy atom. The second kappa shape index (κ2) is 3.41. The SMILES string of the molecule is c1nnc2nnc(N3CCCCC3)nn12. The Bertz CT molecular complexity index is 459. The van der Waals surface area contributed by atoms with Crippen LogP contribution in [0.5, 0.6) is 0 Å². The Labute approximate surface area is 86.1 Å². The maximum atomic E-state index is 4.30. The van der Waals surface area contributed by atoms with E-state index in [0.29, 0.717) is 11.7 Å². The highest BCUT2D eigenvalue weighted by Gasteiger charge is 2.14. The minimum Gasteiger partial charge on any atom is -0.338 e. The van der Waals surface area contributed by atoms with Crippen molar-refractivity contribution in [3.8, 4) is 0 Å². The Hall–Kier alpha value is -1.79. The predicted octanol–water partition coefficient (Wildman–Crippen LogP) is -0.0954. The van der Waals surface area contributed by atoms with E-state index >= 15 is 0 Å². The van der Waals surface area contributed by atoms with E-state index in [1.807, 2.05) is 0 Å². The second-order valence-corrected chi connectivity index (χ2v) is 3.62. The summed E-state index contributed by atoms with van der Waals surface area (Å²) >= 11 is 0. The smallest absolute Gasteiger partial charge is 0.290 e. The molecule has 1 aliphatic heterocycles. The van der Waals surface area contributed by atoms with E-state index in [1.165, 1.54) is 25.6 Å². The van der Waals surface area contributed by atoms with Crippen molar-refractivity contribution in [1.82, 2.24) is 30.0 Å². The quantitative estimate of drug-likeness (QED) is 0.647. The lowest BCUT2D eigenvalue weighted by Gasteiger charge is -2.25. The summed E-state index contributed by atoms with van der Waals surface area (Å²) in [4.78, 5) is 2.15. The van der Waals surface area contributed by atoms with Crippen LogP contribution in [0.1, 0.15) is 19.3 Å². The van der Waals surface area contributed by atoms with Gasteiger partial charge in [-0.15, -0.1) is 25.5 Å². The summed E-state index contributed by atoms with van der Waals surface area (Å²) in [6.07, 6.45) is 5.23. The first-order valence-electron chi connectivity index (χ1n) is 5.09. The fourth-order valence-electron chi connectivity index (χ4n) is 1.79. The lowest BCUT2D eigenvalue weighted by Crippen LogP contribution is -2.31. The third-order valence-corrected chi connectivity index (χ3v) is 2.58. The summed E-state index contributed by atoms with van der Waals surface area (Å²) in [5.41, 5.74) is 0. The molecule has 78 valence electrons. The van der Waals surface area contributed by atoms with E-state index in [4.69, 9.17) is 0 Å². The number of rotatable bonds is 1. The van der Waals surface area contributed by atoms with E-state index in [2.05, 4.69) is 30.4 Å². The number of hydrogen-bond acceptors (Lipinski definition) is 6. The van der Waals surface area contributed by atoms with Gasteiger partial charge in [0, 0.05) is 13.1 Å². The minimum atomic E-state index is 0.441. The van der Waals surface area contributed by atoms with Gasteiger partial charge in [-0.3, -0.25) is 0 Å². The second-order valence-electron chi connectivity index (χ2n) is 3.62. The lowest BCUT2D eigenvalue weighted by atomic mass is 10.1. The molecule has 0 aromatic carbocycles. The van der Waals surface area contributed by atoms with Gasteiger partial charge < -0.3 is 4.90 Å². The average Bonchev–Trinajstić information content (AvgIpc) is 2.77. The summed E-state index contributed by atoms with van der Waals surface area (Å²) in [5, 5.41) is 19.8. The third-order valence-electron chi connectivity index (χ3n) is 2.58. The highest BCUT2D eigenvalue weighted by atomic mass is 15.5. The number of nitrogens with zero attached hydrogens (tertiary/aromatic N) is 7. The fraction of sp³-hybridized carbons (Fsp3) is 0.625. The standard InChI is InChI=1S/C8H11N7/c1-2-4-14(5-3-1)8-12-11-7-10-9-6-15(7)13-8/h6H,1-5H2. The topological polar surface area (TPSA) is 72.1 Å². The highest BCUT2D eigenvalue weighted by Crippen LogP contribution is 2.13. The predicted molar refractivity (Wildman–Crippen MR) is 52.4 cm³/mol. The summed E-state index contributed by atoms with van der Waals surface area (Å²) in [6, 6.07) is 0. The Kier molecular flexibility index (Phi) is 1.94. The van der Waals surface area contributed by atoms with Crippen LogP contribution < -0.4 is 4.90 Å². The molecule has 3 heterocycles. The van der Waals surface area contributed by atoms with Crippen molar-refractivity contribution in [3.05, 3.63) is 6.33 Å². The van der Waals surface area contributed by atoms with Gasteiger partial charge in [0.05, 0.1) is 0 Å². The molecule has 3 rings (SSSR count). The largest absolute Gasteiger partial charge is 0.338 e. The molecular weight excluding hydrogens is 194 g/mol. The average molecular weight is 205 g/mol. The Balaban J connectivity index is 1.95. The van der Waals surface area contributed by atoms with Crippen LogP contribution in [0.15, 0.2) is 6.33 Å². The van der Waals surface area contributed by atoms with Crippen molar-refractivity contribution in [1.29, 1.82) is 0 Å². The van der Waals surface area contributed by atoms with Crippen LogP contribution in [-0.2, 0) is 0 Å². The number of anilines is 1. The van der Waals surface area contributed by atoms with Crippen LogP contribution in [0.3, 0.4) is 0 Å². The third kappa shape index (κ3) is 1.49. The zero-order valence-corrected chi connectivity index (χ0v) is 8.24. The zero-order valence-electron chi connectivity index (χ0n) is 8.24. The van der Waals surface area contributed by atoms with Gasteiger partial charge in [0.15, 0.2) is 0 Å². The summed E-state index contributed by atoms with van der Waals surface area (Å²) in [5.74, 6) is 1.11. The Morgan fingerprint density at radius 2 is 1.87 bits per heavy atom. The maximum Gasteiger partial charge on any atom is 0.290 e. The van der Waals surface area contributed by atoms with Crippen LogP contribution in [0.25, 0.3) is 5.78 Å². The molecule has 0 bridgehead atoms. The van der Waals surface area contributed by atoms with Crippen molar-refractivity contribution in [2.45, 2.75) is 19.3 Å². The van der Waals surface area contributed by atoms with Crippen LogP contribution in [0, 0.1) is 0 Å². The molecule has 0 radical (unpaired) electrons. The van der Waals surface area contributed by atoms with Gasteiger partial charge in [-0.25, -0.2) is 0 Å². The molecule has 2 aromatic rings. The molecule has 1 fully saturated rings. The summed E-state index contributed by atoms with van der Waals surface area (Å²) in [6.45, 7) is 2.02. The van der Waals surface area contributed by atoms with E-state index in [9.17, 15) is 0 Å². The van der Waals surface area contributed by atoms with Crippen molar-refractivity contribution < 1.29 is 0 Å². The first-order valence-corrected chi connectivity index (χ1v) is 5.09. The zero-order chi connectivity index (χ0) is 10.1. The van der Waals surface area contributed by atoms with E-state index < -0.39 is 0 Å². The molecule has 0 amide bonds. The van der Waals surface area contributed by atoms with Gasteiger partial charge in [0.25, 0.3) is 11.7 Å². The number of piperidine rings is 1. The molecular formula is C8H11N7. The molecule has 0 unspecified atom stereocenters. The fourth-order valence-corrected chi connectivity index (χ4v) is 1.79. The molecule has 1 saturated heterocycles. The molecule has 1 aliphatic rings. The van der Waals surface area contributed by atoms with E-state index in [-0.39, 0.29) is 0 Å². The minimum absolute atomic E-state index is 0.441. The molecule has 7 heteroatoms. The van der Waals surface area contributed by atoms with Gasteiger partial charge in [-0.05, 0) is 19.3 Å². The van der Waals surface area contributed by atoms with Gasteiger partial charge in [-0.1, -0.05) is 0 Å². The van der Waals surface area contributed by atoms with Crippen molar-refractivity contribution >= 4 is 11.7 Å². The highest BCUT2D eigenvalue weighted by molar-refractivity contribution is 5.30. The van der Waals surface area contributed by atoms with Crippen LogP contribution >= 0.6 is 0 Å². The molecule has 0 atom stereocenters. The molecule has 0 aliphatic carbocycles. The number of aromatic nitrogens is 6. The first kappa shape index (κ1) is 8.51. The number of hydrogen-bond donors (Lipinski definition) is 0. The van der Waals surface area contributed by atoms with Crippen LogP contribution in [0.2, 0.25) is 0 Å². The van der Waals surface area contributed by atoms with E-state index in [1.54, 1.807) is 4.52 Å².